The van der Waals surface area contributed by atoms with Crippen LogP contribution in [0, 0.1) is 6.92 Å². The fraction of sp³-hybridized carbons (Fsp3) is 0.353. The smallest absolute Gasteiger partial charge is 0.244 e. The van der Waals surface area contributed by atoms with Gasteiger partial charge in [-0.25, -0.2) is 13.4 Å². The first-order chi connectivity index (χ1) is 11.0. The molecule has 1 aromatic heterocycles. The van der Waals surface area contributed by atoms with Gasteiger partial charge in [-0.3, -0.25) is 0 Å². The quantitative estimate of drug-likeness (QED) is 0.846. The van der Waals surface area contributed by atoms with E-state index in [1.165, 1.54) is 21.6 Å². The molecule has 0 unspecified atom stereocenters. The summed E-state index contributed by atoms with van der Waals surface area (Å²) in [6.07, 6.45) is 1.41. The third kappa shape index (κ3) is 4.09. The van der Waals surface area contributed by atoms with Crippen LogP contribution >= 0.6 is 0 Å². The van der Waals surface area contributed by atoms with Gasteiger partial charge >= 0.3 is 0 Å². The van der Waals surface area contributed by atoms with Crippen LogP contribution in [0.3, 0.4) is 0 Å². The number of aryl methyl sites for hydroxylation is 1. The third-order valence-electron chi connectivity index (χ3n) is 3.80. The van der Waals surface area contributed by atoms with Crippen molar-refractivity contribution in [2.45, 2.75) is 32.2 Å². The number of aromatic nitrogens is 1. The number of hydrogen-bond donors (Lipinski definition) is 1. The summed E-state index contributed by atoms with van der Waals surface area (Å²) in [6.45, 7) is 7.27. The van der Waals surface area contributed by atoms with Crippen LogP contribution in [0.15, 0.2) is 47.5 Å². The van der Waals surface area contributed by atoms with Gasteiger partial charge in [-0.15, -0.1) is 0 Å². The molecule has 0 fully saturated rings. The Hall–Kier alpha value is -1.92. The van der Waals surface area contributed by atoms with E-state index in [1.54, 1.807) is 12.1 Å². The molecule has 2 aromatic rings. The Morgan fingerprint density at radius 2 is 1.78 bits per heavy atom. The molecule has 0 saturated carbocycles. The molecule has 1 heterocycles. The summed E-state index contributed by atoms with van der Waals surface area (Å²) in [5, 5.41) is 3.22. The summed E-state index contributed by atoms with van der Waals surface area (Å²) in [4.78, 5) is 4.45. The fourth-order valence-electron chi connectivity index (χ4n) is 2.34. The van der Waals surface area contributed by atoms with E-state index in [0.29, 0.717) is 25.5 Å². The lowest BCUT2D eigenvalue weighted by Gasteiger charge is -2.18. The molecule has 23 heavy (non-hydrogen) atoms. The first-order valence-corrected chi connectivity index (χ1v) is 9.17. The molecule has 0 aliphatic carbocycles. The summed E-state index contributed by atoms with van der Waals surface area (Å²) >= 11 is 0. The van der Waals surface area contributed by atoms with Crippen LogP contribution in [0.25, 0.3) is 0 Å². The molecule has 0 spiro atoms. The van der Waals surface area contributed by atoms with Crippen molar-refractivity contribution < 1.29 is 8.42 Å². The molecule has 1 N–H and O–H groups in total. The van der Waals surface area contributed by atoms with Gasteiger partial charge in [0.05, 0.1) is 0 Å². The topological polar surface area (TPSA) is 62.3 Å². The van der Waals surface area contributed by atoms with E-state index in [4.69, 9.17) is 0 Å². The second-order valence-electron chi connectivity index (χ2n) is 5.25. The second kappa shape index (κ2) is 7.57. The van der Waals surface area contributed by atoms with Gasteiger partial charge in [-0.05, 0) is 30.2 Å². The Labute approximate surface area is 138 Å². The molecule has 124 valence electrons. The Morgan fingerprint density at radius 1 is 1.09 bits per heavy atom. The van der Waals surface area contributed by atoms with Crippen LogP contribution in [0.4, 0.5) is 5.82 Å². The van der Waals surface area contributed by atoms with Gasteiger partial charge in [0, 0.05) is 25.8 Å². The predicted molar refractivity (Wildman–Crippen MR) is 92.8 cm³/mol. The summed E-state index contributed by atoms with van der Waals surface area (Å²) in [5.74, 6) is 0.659. The van der Waals surface area contributed by atoms with Crippen molar-refractivity contribution in [1.82, 2.24) is 9.29 Å². The SMILES string of the molecule is CCN(CC)S(=O)(=O)c1ccc(NCc2ccccc2C)nc1. The van der Waals surface area contributed by atoms with E-state index >= 15 is 0 Å². The highest BCUT2D eigenvalue weighted by atomic mass is 32.2. The Morgan fingerprint density at radius 3 is 2.35 bits per heavy atom. The lowest BCUT2D eigenvalue weighted by Crippen LogP contribution is -2.30. The van der Waals surface area contributed by atoms with Gasteiger partial charge in [0.2, 0.25) is 10.0 Å². The number of pyridine rings is 1. The van der Waals surface area contributed by atoms with Crippen LogP contribution in [0.2, 0.25) is 0 Å². The highest BCUT2D eigenvalue weighted by Gasteiger charge is 2.21. The Balaban J connectivity index is 2.09. The molecule has 0 saturated heterocycles. The maximum absolute atomic E-state index is 12.4. The van der Waals surface area contributed by atoms with E-state index in [0.717, 1.165) is 0 Å². The second-order valence-corrected chi connectivity index (χ2v) is 7.19. The molecular formula is C17H23N3O2S. The monoisotopic (exact) mass is 333 g/mol. The number of sulfonamides is 1. The normalized spacial score (nSPS) is 11.7. The molecule has 5 nitrogen and oxygen atoms in total. The zero-order chi connectivity index (χ0) is 16.9. The van der Waals surface area contributed by atoms with E-state index in [2.05, 4.69) is 29.4 Å². The fourth-order valence-corrected chi connectivity index (χ4v) is 3.75. The summed E-state index contributed by atoms with van der Waals surface area (Å²) < 4.78 is 26.2. The number of nitrogens with one attached hydrogen (secondary N) is 1. The number of hydrogen-bond acceptors (Lipinski definition) is 4. The Bertz CT molecular complexity index is 739. The van der Waals surface area contributed by atoms with Crippen molar-refractivity contribution in [1.29, 1.82) is 0 Å². The van der Waals surface area contributed by atoms with Crippen LogP contribution in [0.1, 0.15) is 25.0 Å². The highest BCUT2D eigenvalue weighted by molar-refractivity contribution is 7.89. The zero-order valence-electron chi connectivity index (χ0n) is 13.8. The average molecular weight is 333 g/mol. The standard InChI is InChI=1S/C17H23N3O2S/c1-4-20(5-2)23(21,22)16-10-11-17(19-13-16)18-12-15-9-7-6-8-14(15)3/h6-11,13H,4-5,12H2,1-3H3,(H,18,19). The molecule has 2 rings (SSSR count). The Kier molecular flexibility index (Phi) is 5.74. The lowest BCUT2D eigenvalue weighted by atomic mass is 10.1. The number of rotatable bonds is 7. The third-order valence-corrected chi connectivity index (χ3v) is 5.83. The lowest BCUT2D eigenvalue weighted by molar-refractivity contribution is 0.445. The van der Waals surface area contributed by atoms with Gasteiger partial charge < -0.3 is 5.32 Å². The van der Waals surface area contributed by atoms with E-state index in [1.807, 2.05) is 26.0 Å². The molecule has 6 heteroatoms. The van der Waals surface area contributed by atoms with Crippen molar-refractivity contribution in [2.75, 3.05) is 18.4 Å². The summed E-state index contributed by atoms with van der Waals surface area (Å²) in [5.41, 5.74) is 2.40. The van der Waals surface area contributed by atoms with Crippen LogP contribution in [-0.4, -0.2) is 30.8 Å². The molecular weight excluding hydrogens is 310 g/mol. The minimum Gasteiger partial charge on any atom is -0.366 e. The van der Waals surface area contributed by atoms with E-state index in [9.17, 15) is 8.42 Å². The molecule has 0 aliphatic heterocycles. The number of benzene rings is 1. The van der Waals surface area contributed by atoms with Crippen molar-refractivity contribution >= 4 is 15.8 Å². The van der Waals surface area contributed by atoms with Crippen molar-refractivity contribution in [3.05, 3.63) is 53.7 Å². The maximum Gasteiger partial charge on any atom is 0.244 e. The number of nitrogens with zero attached hydrogens (tertiary/aromatic N) is 2. The highest BCUT2D eigenvalue weighted by Crippen LogP contribution is 2.17. The number of anilines is 1. The molecule has 0 amide bonds. The van der Waals surface area contributed by atoms with E-state index in [-0.39, 0.29) is 4.90 Å². The van der Waals surface area contributed by atoms with Gasteiger partial charge in [0.1, 0.15) is 10.7 Å². The van der Waals surface area contributed by atoms with Gasteiger partial charge in [0.25, 0.3) is 0 Å². The van der Waals surface area contributed by atoms with Crippen LogP contribution in [-0.2, 0) is 16.6 Å². The molecule has 0 atom stereocenters. The zero-order valence-corrected chi connectivity index (χ0v) is 14.6. The first kappa shape index (κ1) is 17.4. The van der Waals surface area contributed by atoms with Crippen LogP contribution < -0.4 is 5.32 Å². The minimum absolute atomic E-state index is 0.225. The van der Waals surface area contributed by atoms with Crippen molar-refractivity contribution in [3.63, 3.8) is 0 Å². The first-order valence-electron chi connectivity index (χ1n) is 7.73. The van der Waals surface area contributed by atoms with Crippen LogP contribution in [0.5, 0.6) is 0 Å². The molecule has 1 aromatic carbocycles. The molecule has 0 aliphatic rings. The summed E-state index contributed by atoms with van der Waals surface area (Å²) in [6, 6.07) is 11.4. The average Bonchev–Trinajstić information content (AvgIpc) is 2.55. The predicted octanol–water partition coefficient (Wildman–Crippen LogP) is 3.03. The maximum atomic E-state index is 12.4. The van der Waals surface area contributed by atoms with Crippen molar-refractivity contribution in [2.24, 2.45) is 0 Å². The molecule has 0 radical (unpaired) electrons. The molecule has 0 bridgehead atoms. The van der Waals surface area contributed by atoms with Gasteiger partial charge in [0.15, 0.2) is 0 Å². The van der Waals surface area contributed by atoms with Crippen molar-refractivity contribution in [3.8, 4) is 0 Å². The van der Waals surface area contributed by atoms with Gasteiger partial charge in [-0.1, -0.05) is 38.1 Å². The summed E-state index contributed by atoms with van der Waals surface area (Å²) in [7, 11) is -3.45. The minimum atomic E-state index is -3.45. The van der Waals surface area contributed by atoms with E-state index < -0.39 is 10.0 Å². The largest absolute Gasteiger partial charge is 0.366 e. The van der Waals surface area contributed by atoms with Gasteiger partial charge in [-0.2, -0.15) is 4.31 Å².